The van der Waals surface area contributed by atoms with Crippen molar-refractivity contribution in [3.8, 4) is 0 Å². The van der Waals surface area contributed by atoms with Crippen molar-refractivity contribution >= 4 is 0 Å². The van der Waals surface area contributed by atoms with Crippen molar-refractivity contribution in [2.24, 2.45) is 0 Å². The van der Waals surface area contributed by atoms with E-state index in [4.69, 9.17) is 42.6 Å². The molecule has 11 heteroatoms. The molecule has 2 fully saturated rings. The van der Waals surface area contributed by atoms with E-state index in [0.717, 1.165) is 22.3 Å². The van der Waals surface area contributed by atoms with Gasteiger partial charge in [0.25, 0.3) is 0 Å². The van der Waals surface area contributed by atoms with Crippen LogP contribution in [-0.2, 0) is 69.1 Å². The minimum Gasteiger partial charge on any atom is -0.394 e. The first-order valence-electron chi connectivity index (χ1n) is 18.7. The van der Waals surface area contributed by atoms with Crippen LogP contribution in [0.5, 0.6) is 0 Å². The van der Waals surface area contributed by atoms with Crippen molar-refractivity contribution in [3.05, 3.63) is 156 Å². The van der Waals surface area contributed by atoms with Gasteiger partial charge < -0.3 is 52.8 Å². The number of methoxy groups -OCH3 is 1. The van der Waals surface area contributed by atoms with Crippen molar-refractivity contribution in [2.75, 3.05) is 26.9 Å². The minimum absolute atomic E-state index is 0.0981. The Labute approximate surface area is 323 Å². The monoisotopic (exact) mass is 756 g/mol. The van der Waals surface area contributed by atoms with E-state index in [1.54, 1.807) is 13.2 Å². The Hall–Kier alpha value is -3.82. The number of aliphatic hydroxyl groups excluding tert-OH is 2. The number of hydrogen-bond acceptors (Lipinski definition) is 11. The summed E-state index contributed by atoms with van der Waals surface area (Å²) < 4.78 is 58.0. The summed E-state index contributed by atoms with van der Waals surface area (Å²) in [5.41, 5.74) is 3.79. The molecule has 2 aliphatic rings. The van der Waals surface area contributed by atoms with Crippen LogP contribution in [-0.4, -0.2) is 98.6 Å². The Balaban J connectivity index is 1.33. The van der Waals surface area contributed by atoms with E-state index in [1.807, 2.05) is 121 Å². The molecule has 6 rings (SSSR count). The third-order valence-corrected chi connectivity index (χ3v) is 9.57. The average molecular weight is 757 g/mol. The largest absolute Gasteiger partial charge is 0.394 e. The summed E-state index contributed by atoms with van der Waals surface area (Å²) in [5, 5.41) is 21.9. The second-order valence-electron chi connectivity index (χ2n) is 13.5. The van der Waals surface area contributed by atoms with Gasteiger partial charge in [-0.1, -0.05) is 127 Å². The minimum atomic E-state index is -1.24. The second-order valence-corrected chi connectivity index (χ2v) is 13.5. The third kappa shape index (κ3) is 11.4. The van der Waals surface area contributed by atoms with Crippen LogP contribution in [0, 0.1) is 0 Å². The molecule has 2 aliphatic heterocycles. The van der Waals surface area contributed by atoms with E-state index < -0.39 is 68.0 Å². The highest BCUT2D eigenvalue weighted by molar-refractivity contribution is 5.16. The molecule has 2 saturated heterocycles. The first kappa shape index (κ1) is 40.8. The Morgan fingerprint density at radius 3 is 1.51 bits per heavy atom. The number of hydrogen-bond donors (Lipinski definition) is 2. The molecule has 294 valence electrons. The first-order valence-corrected chi connectivity index (χ1v) is 18.7. The molecule has 0 aliphatic carbocycles. The second kappa shape index (κ2) is 21.5. The van der Waals surface area contributed by atoms with Crippen molar-refractivity contribution < 1.29 is 52.8 Å². The molecule has 0 saturated carbocycles. The number of aliphatic hydroxyl groups is 2. The molecule has 2 heterocycles. The Bertz CT molecular complexity index is 1650. The molecule has 0 aromatic heterocycles. The quantitative estimate of drug-likeness (QED) is 0.113. The maximum absolute atomic E-state index is 11.4. The van der Waals surface area contributed by atoms with E-state index in [9.17, 15) is 10.2 Å². The fourth-order valence-electron chi connectivity index (χ4n) is 6.75. The van der Waals surface area contributed by atoms with Crippen LogP contribution in [0.25, 0.3) is 0 Å². The number of rotatable bonds is 20. The van der Waals surface area contributed by atoms with E-state index >= 15 is 0 Å². The SMILES string of the molecule is C=CCO[C@H]1[C@H](O[C@H]2[C@H](OCc3ccccc3)[C@@H](OCc3ccccc3)[C@@H](OC)O[C@@H]2COCc2ccccc2)O[C@H](CO)[C@H](O)[C@@H]1OCc1ccccc1. The number of benzene rings is 4. The maximum Gasteiger partial charge on any atom is 0.187 e. The molecule has 10 atom stereocenters. The summed E-state index contributed by atoms with van der Waals surface area (Å²) in [7, 11) is 1.56. The van der Waals surface area contributed by atoms with Gasteiger partial charge in [-0.05, 0) is 22.3 Å². The Morgan fingerprint density at radius 1 is 0.564 bits per heavy atom. The molecule has 2 N–H and O–H groups in total. The van der Waals surface area contributed by atoms with E-state index in [0.29, 0.717) is 6.61 Å². The average Bonchev–Trinajstić information content (AvgIpc) is 3.23. The molecule has 0 bridgehead atoms. The van der Waals surface area contributed by atoms with E-state index in [2.05, 4.69) is 6.58 Å². The summed E-state index contributed by atoms with van der Waals surface area (Å²) in [6.45, 7) is 4.53. The van der Waals surface area contributed by atoms with Crippen LogP contribution in [0.1, 0.15) is 22.3 Å². The summed E-state index contributed by atoms with van der Waals surface area (Å²) >= 11 is 0. The highest BCUT2D eigenvalue weighted by Crippen LogP contribution is 2.35. The van der Waals surface area contributed by atoms with Gasteiger partial charge >= 0.3 is 0 Å². The Kier molecular flexibility index (Phi) is 15.9. The fraction of sp³-hybridized carbons (Fsp3) is 0.409. The summed E-state index contributed by atoms with van der Waals surface area (Å²) in [4.78, 5) is 0. The van der Waals surface area contributed by atoms with Gasteiger partial charge in [-0.15, -0.1) is 6.58 Å². The fourth-order valence-corrected chi connectivity index (χ4v) is 6.75. The molecule has 4 aromatic carbocycles. The lowest BCUT2D eigenvalue weighted by Crippen LogP contribution is -2.66. The lowest BCUT2D eigenvalue weighted by Gasteiger charge is -2.49. The molecule has 0 unspecified atom stereocenters. The van der Waals surface area contributed by atoms with Crippen LogP contribution in [0.15, 0.2) is 134 Å². The van der Waals surface area contributed by atoms with Gasteiger partial charge in [-0.3, -0.25) is 0 Å². The molecule has 4 aromatic rings. The van der Waals surface area contributed by atoms with Crippen LogP contribution in [0.3, 0.4) is 0 Å². The first-order chi connectivity index (χ1) is 27.1. The van der Waals surface area contributed by atoms with Gasteiger partial charge in [0.1, 0.15) is 48.8 Å². The maximum atomic E-state index is 11.4. The normalized spacial score (nSPS) is 28.1. The molecular weight excluding hydrogens is 704 g/mol. The smallest absolute Gasteiger partial charge is 0.187 e. The summed E-state index contributed by atoms with van der Waals surface area (Å²) in [5.74, 6) is 0. The van der Waals surface area contributed by atoms with Crippen LogP contribution < -0.4 is 0 Å². The standard InChI is InChI=1S/C44H52O11/c1-3-24-49-41-39(50-27-32-18-10-5-11-19-32)37(46)35(25-45)53-44(41)55-38-36(30-48-26-31-16-8-4-9-17-31)54-43(47-2)42(52-29-34-22-14-7-15-23-34)40(38)51-28-33-20-12-6-13-21-33/h3-23,35-46H,1,24-30H2,2H3/t35-,36-,37+,38-,39+,40+,41-,42-,43+,44+/m1/s1. The van der Waals surface area contributed by atoms with Crippen LogP contribution in [0.2, 0.25) is 0 Å². The molecule has 11 nitrogen and oxygen atoms in total. The van der Waals surface area contributed by atoms with Crippen molar-refractivity contribution in [1.82, 2.24) is 0 Å². The topological polar surface area (TPSA) is 124 Å². The zero-order chi connectivity index (χ0) is 38.2. The highest BCUT2D eigenvalue weighted by Gasteiger charge is 2.53. The van der Waals surface area contributed by atoms with Crippen LogP contribution >= 0.6 is 0 Å². The number of ether oxygens (including phenoxy) is 9. The molecule has 0 radical (unpaired) electrons. The van der Waals surface area contributed by atoms with Crippen molar-refractivity contribution in [2.45, 2.75) is 87.8 Å². The lowest BCUT2D eigenvalue weighted by molar-refractivity contribution is -0.371. The van der Waals surface area contributed by atoms with Crippen LogP contribution in [0.4, 0.5) is 0 Å². The summed E-state index contributed by atoms with van der Waals surface area (Å²) in [6, 6.07) is 39.1. The highest BCUT2D eigenvalue weighted by atomic mass is 16.8. The lowest BCUT2D eigenvalue weighted by atomic mass is 9.96. The zero-order valence-corrected chi connectivity index (χ0v) is 31.1. The summed E-state index contributed by atoms with van der Waals surface area (Å²) in [6.07, 6.45) is -7.82. The van der Waals surface area contributed by atoms with Gasteiger partial charge in [-0.25, -0.2) is 0 Å². The van der Waals surface area contributed by atoms with Gasteiger partial charge in [0.2, 0.25) is 0 Å². The zero-order valence-electron chi connectivity index (χ0n) is 31.1. The van der Waals surface area contributed by atoms with Gasteiger partial charge in [0.15, 0.2) is 12.6 Å². The predicted octanol–water partition coefficient (Wildman–Crippen LogP) is 5.37. The molecule has 0 amide bonds. The molecule has 0 spiro atoms. The van der Waals surface area contributed by atoms with Crippen molar-refractivity contribution in [3.63, 3.8) is 0 Å². The van der Waals surface area contributed by atoms with Gasteiger partial charge in [0.05, 0.1) is 46.2 Å². The van der Waals surface area contributed by atoms with E-state index in [-0.39, 0.29) is 33.0 Å². The predicted molar refractivity (Wildman–Crippen MR) is 203 cm³/mol. The van der Waals surface area contributed by atoms with Gasteiger partial charge in [0, 0.05) is 7.11 Å². The van der Waals surface area contributed by atoms with Crippen molar-refractivity contribution in [1.29, 1.82) is 0 Å². The molecule has 55 heavy (non-hydrogen) atoms. The third-order valence-electron chi connectivity index (χ3n) is 9.57. The van der Waals surface area contributed by atoms with E-state index in [1.165, 1.54) is 0 Å². The van der Waals surface area contributed by atoms with Gasteiger partial charge in [-0.2, -0.15) is 0 Å². The Morgan fingerprint density at radius 2 is 1.02 bits per heavy atom. The molecular formula is C44H52O11.